The van der Waals surface area contributed by atoms with E-state index in [0.29, 0.717) is 22.8 Å². The van der Waals surface area contributed by atoms with Crippen LogP contribution in [0.1, 0.15) is 39.0 Å². The largest absolute Gasteiger partial charge is 0.399 e. The molecule has 0 heterocycles. The van der Waals surface area contributed by atoms with Gasteiger partial charge in [0.25, 0.3) is 0 Å². The van der Waals surface area contributed by atoms with Gasteiger partial charge in [-0.3, -0.25) is 4.79 Å². The molecule has 2 rings (SSSR count). The lowest BCUT2D eigenvalue weighted by atomic mass is 9.91. The predicted molar refractivity (Wildman–Crippen MR) is 93.0 cm³/mol. The van der Waals surface area contributed by atoms with E-state index in [4.69, 9.17) is 17.3 Å². The molecule has 0 aliphatic heterocycles. The minimum absolute atomic E-state index is 0.0121. The normalized spacial score (nSPS) is 22.0. The highest BCUT2D eigenvalue weighted by Crippen LogP contribution is 2.32. The summed E-state index contributed by atoms with van der Waals surface area (Å²) in [5.74, 6) is 1.72. The third-order valence-corrected chi connectivity index (χ3v) is 5.49. The quantitative estimate of drug-likeness (QED) is 0.780. The number of rotatable bonds is 5. The molecule has 1 fully saturated rings. The number of nitrogen functional groups attached to an aromatic ring is 1. The Morgan fingerprint density at radius 2 is 2.29 bits per heavy atom. The lowest BCUT2D eigenvalue weighted by molar-refractivity contribution is -0.115. The molecule has 1 aliphatic carbocycles. The number of halogens is 1. The second-order valence-electron chi connectivity index (χ2n) is 5.80. The van der Waals surface area contributed by atoms with Gasteiger partial charge < -0.3 is 11.1 Å². The molecule has 21 heavy (non-hydrogen) atoms. The SMILES string of the molecule is CC1CCCC(SCCC(=O)Nc2ccc(N)cc2Cl)C1. The monoisotopic (exact) mass is 326 g/mol. The van der Waals surface area contributed by atoms with E-state index in [-0.39, 0.29) is 5.91 Å². The molecule has 0 radical (unpaired) electrons. The molecule has 2 unspecified atom stereocenters. The zero-order valence-electron chi connectivity index (χ0n) is 12.4. The number of nitrogens with two attached hydrogens (primary N) is 1. The van der Waals surface area contributed by atoms with Crippen LogP contribution < -0.4 is 11.1 Å². The molecule has 3 N–H and O–H groups in total. The molecule has 5 heteroatoms. The van der Waals surface area contributed by atoms with Gasteiger partial charge in [-0.1, -0.05) is 31.4 Å². The number of carbonyl (C=O) groups excluding carboxylic acids is 1. The van der Waals surface area contributed by atoms with Crippen LogP contribution in [0, 0.1) is 5.92 Å². The van der Waals surface area contributed by atoms with E-state index >= 15 is 0 Å². The minimum atomic E-state index is 0.0121. The van der Waals surface area contributed by atoms with Crippen LogP contribution in [0.3, 0.4) is 0 Å². The molecule has 1 amide bonds. The topological polar surface area (TPSA) is 55.1 Å². The second kappa shape index (κ2) is 7.95. The summed E-state index contributed by atoms with van der Waals surface area (Å²) < 4.78 is 0. The fourth-order valence-electron chi connectivity index (χ4n) is 2.69. The molecule has 116 valence electrons. The van der Waals surface area contributed by atoms with Crippen molar-refractivity contribution in [2.75, 3.05) is 16.8 Å². The average molecular weight is 327 g/mol. The zero-order chi connectivity index (χ0) is 15.2. The van der Waals surface area contributed by atoms with Gasteiger partial charge in [-0.25, -0.2) is 0 Å². The number of amides is 1. The molecule has 1 aliphatic rings. The van der Waals surface area contributed by atoms with Gasteiger partial charge in [0.05, 0.1) is 10.7 Å². The second-order valence-corrected chi connectivity index (χ2v) is 7.62. The Morgan fingerprint density at radius 1 is 1.48 bits per heavy atom. The fourth-order valence-corrected chi connectivity index (χ4v) is 4.36. The van der Waals surface area contributed by atoms with Gasteiger partial charge in [-0.2, -0.15) is 11.8 Å². The highest BCUT2D eigenvalue weighted by molar-refractivity contribution is 7.99. The number of nitrogens with one attached hydrogen (secondary N) is 1. The molecule has 0 spiro atoms. The molecule has 0 aromatic heterocycles. The van der Waals surface area contributed by atoms with Gasteiger partial charge in [0.2, 0.25) is 5.91 Å². The summed E-state index contributed by atoms with van der Waals surface area (Å²) in [4.78, 5) is 11.9. The summed E-state index contributed by atoms with van der Waals surface area (Å²) in [5.41, 5.74) is 6.86. The van der Waals surface area contributed by atoms with Crippen LogP contribution in [-0.4, -0.2) is 16.9 Å². The van der Waals surface area contributed by atoms with E-state index in [1.165, 1.54) is 25.7 Å². The van der Waals surface area contributed by atoms with Crippen molar-refractivity contribution in [3.05, 3.63) is 23.2 Å². The summed E-state index contributed by atoms with van der Waals surface area (Å²) in [6, 6.07) is 5.13. The summed E-state index contributed by atoms with van der Waals surface area (Å²) in [5, 5.41) is 4.05. The number of hydrogen-bond donors (Lipinski definition) is 2. The zero-order valence-corrected chi connectivity index (χ0v) is 14.0. The first-order valence-corrected chi connectivity index (χ1v) is 8.93. The van der Waals surface area contributed by atoms with Crippen molar-refractivity contribution in [1.29, 1.82) is 0 Å². The molecule has 0 bridgehead atoms. The van der Waals surface area contributed by atoms with Crippen LogP contribution in [0.15, 0.2) is 18.2 Å². The Kier molecular flexibility index (Phi) is 6.24. The van der Waals surface area contributed by atoms with E-state index in [1.54, 1.807) is 18.2 Å². The Labute approximate surface area is 136 Å². The summed E-state index contributed by atoms with van der Waals surface area (Å²) in [6.07, 6.45) is 5.78. The first-order valence-electron chi connectivity index (χ1n) is 7.51. The average Bonchev–Trinajstić information content (AvgIpc) is 2.42. The van der Waals surface area contributed by atoms with Crippen LogP contribution in [0.2, 0.25) is 5.02 Å². The molecular formula is C16H23ClN2OS. The van der Waals surface area contributed by atoms with Gasteiger partial charge >= 0.3 is 0 Å². The highest BCUT2D eigenvalue weighted by atomic mass is 35.5. The Morgan fingerprint density at radius 3 is 3.00 bits per heavy atom. The molecule has 1 saturated carbocycles. The number of thioether (sulfide) groups is 1. The van der Waals surface area contributed by atoms with Crippen molar-refractivity contribution in [2.45, 2.75) is 44.3 Å². The smallest absolute Gasteiger partial charge is 0.225 e. The summed E-state index contributed by atoms with van der Waals surface area (Å²) in [6.45, 7) is 2.32. The molecule has 2 atom stereocenters. The van der Waals surface area contributed by atoms with E-state index in [9.17, 15) is 4.79 Å². The van der Waals surface area contributed by atoms with Crippen LogP contribution in [0.5, 0.6) is 0 Å². The van der Waals surface area contributed by atoms with Gasteiger partial charge in [0.1, 0.15) is 0 Å². The van der Waals surface area contributed by atoms with E-state index in [0.717, 1.165) is 16.9 Å². The standard InChI is InChI=1S/C16H23ClN2OS/c1-11-3-2-4-13(9-11)21-8-7-16(20)19-15-6-5-12(18)10-14(15)17/h5-6,10-11,13H,2-4,7-9,18H2,1H3,(H,19,20). The first kappa shape index (κ1) is 16.5. The molecular weight excluding hydrogens is 304 g/mol. The number of anilines is 2. The van der Waals surface area contributed by atoms with E-state index in [2.05, 4.69) is 12.2 Å². The molecule has 1 aromatic carbocycles. The van der Waals surface area contributed by atoms with Gasteiger partial charge in [0, 0.05) is 23.1 Å². The molecule has 1 aromatic rings. The maximum Gasteiger partial charge on any atom is 0.225 e. The Balaban J connectivity index is 1.72. The summed E-state index contributed by atoms with van der Waals surface area (Å²) in [7, 11) is 0. The van der Waals surface area contributed by atoms with Crippen LogP contribution in [0.25, 0.3) is 0 Å². The van der Waals surface area contributed by atoms with E-state index in [1.807, 2.05) is 11.8 Å². The molecule has 3 nitrogen and oxygen atoms in total. The Bertz CT molecular complexity index is 495. The van der Waals surface area contributed by atoms with E-state index < -0.39 is 0 Å². The van der Waals surface area contributed by atoms with Gasteiger partial charge in [-0.05, 0) is 37.0 Å². The van der Waals surface area contributed by atoms with Crippen molar-refractivity contribution in [3.8, 4) is 0 Å². The van der Waals surface area contributed by atoms with Crippen molar-refractivity contribution in [3.63, 3.8) is 0 Å². The van der Waals surface area contributed by atoms with Gasteiger partial charge in [-0.15, -0.1) is 0 Å². The lowest BCUT2D eigenvalue weighted by Gasteiger charge is -2.26. The van der Waals surface area contributed by atoms with Crippen molar-refractivity contribution in [2.24, 2.45) is 5.92 Å². The van der Waals surface area contributed by atoms with Gasteiger partial charge in [0.15, 0.2) is 0 Å². The third-order valence-electron chi connectivity index (χ3n) is 3.84. The summed E-state index contributed by atoms with van der Waals surface area (Å²) >= 11 is 7.98. The maximum absolute atomic E-state index is 11.9. The maximum atomic E-state index is 11.9. The highest BCUT2D eigenvalue weighted by Gasteiger charge is 2.19. The lowest BCUT2D eigenvalue weighted by Crippen LogP contribution is -2.17. The fraction of sp³-hybridized carbons (Fsp3) is 0.562. The number of benzene rings is 1. The molecule has 0 saturated heterocycles. The van der Waals surface area contributed by atoms with Crippen LogP contribution >= 0.6 is 23.4 Å². The Hall–Kier alpha value is -0.870. The van der Waals surface area contributed by atoms with Crippen LogP contribution in [-0.2, 0) is 4.79 Å². The van der Waals surface area contributed by atoms with Crippen molar-refractivity contribution < 1.29 is 4.79 Å². The van der Waals surface area contributed by atoms with Crippen molar-refractivity contribution in [1.82, 2.24) is 0 Å². The minimum Gasteiger partial charge on any atom is -0.399 e. The van der Waals surface area contributed by atoms with Crippen molar-refractivity contribution >= 4 is 40.6 Å². The predicted octanol–water partition coefficient (Wildman–Crippen LogP) is 4.56. The number of carbonyl (C=O) groups is 1. The third kappa shape index (κ3) is 5.44. The number of hydrogen-bond acceptors (Lipinski definition) is 3. The van der Waals surface area contributed by atoms with Crippen LogP contribution in [0.4, 0.5) is 11.4 Å². The first-order chi connectivity index (χ1) is 10.0.